The zero-order chi connectivity index (χ0) is 17.0. The van der Waals surface area contributed by atoms with E-state index in [0.717, 1.165) is 19.3 Å². The molecule has 1 fully saturated rings. The van der Waals surface area contributed by atoms with Gasteiger partial charge in [0.15, 0.2) is 0 Å². The Balaban J connectivity index is 0.000000295. The normalized spacial score (nSPS) is 26.5. The van der Waals surface area contributed by atoms with Crippen LogP contribution in [0.15, 0.2) is 11.8 Å². The lowest BCUT2D eigenvalue weighted by Gasteiger charge is -2.31. The highest BCUT2D eigenvalue weighted by molar-refractivity contribution is 6.36. The van der Waals surface area contributed by atoms with E-state index in [1.165, 1.54) is 0 Å². The molecule has 2 atom stereocenters. The standard InChI is InChI=1S/C12H18O3.C3H10O3Si/c1-11(2,3)15-9-6-8-4-5-12(9,7-8)10(13)14;1-4-7(5-2)6-3/h6,8H,4-5,7H2,1-3H3,(H,13,14);7H,1-3H3. The Kier molecular flexibility index (Phi) is 6.60. The average Bonchev–Trinajstić information content (AvgIpc) is 2.98. The topological polar surface area (TPSA) is 74.2 Å². The number of carbonyl (C=O) groups is 1. The Morgan fingerprint density at radius 3 is 2.14 bits per heavy atom. The molecule has 0 aliphatic heterocycles. The van der Waals surface area contributed by atoms with Crippen molar-refractivity contribution >= 4 is 15.5 Å². The van der Waals surface area contributed by atoms with E-state index in [1.54, 1.807) is 21.3 Å². The number of fused-ring (bicyclic) bond motifs is 2. The molecule has 2 unspecified atom stereocenters. The summed E-state index contributed by atoms with van der Waals surface area (Å²) < 4.78 is 20.0. The Morgan fingerprint density at radius 2 is 1.82 bits per heavy atom. The van der Waals surface area contributed by atoms with Gasteiger partial charge in [-0.15, -0.1) is 0 Å². The molecule has 1 saturated carbocycles. The monoisotopic (exact) mass is 332 g/mol. The number of hydrogen-bond donors (Lipinski definition) is 1. The lowest BCUT2D eigenvalue weighted by Crippen LogP contribution is -2.33. The van der Waals surface area contributed by atoms with Crippen molar-refractivity contribution in [3.63, 3.8) is 0 Å². The summed E-state index contributed by atoms with van der Waals surface area (Å²) in [6, 6.07) is 0. The van der Waals surface area contributed by atoms with Crippen molar-refractivity contribution < 1.29 is 27.9 Å². The van der Waals surface area contributed by atoms with E-state index in [0.29, 0.717) is 11.7 Å². The molecule has 0 saturated heterocycles. The SMILES string of the molecule is CC(C)(C)OC1=CC2CCC1(C(=O)O)C2.CO[SiH](OC)OC. The van der Waals surface area contributed by atoms with Crippen molar-refractivity contribution in [2.24, 2.45) is 11.3 Å². The molecule has 0 aromatic rings. The van der Waals surface area contributed by atoms with Crippen LogP contribution in [0.4, 0.5) is 0 Å². The second-order valence-electron chi connectivity index (χ2n) is 6.63. The maximum atomic E-state index is 11.4. The van der Waals surface area contributed by atoms with Crippen molar-refractivity contribution in [2.45, 2.75) is 45.6 Å². The van der Waals surface area contributed by atoms with Gasteiger partial charge in [0, 0.05) is 21.3 Å². The van der Waals surface area contributed by atoms with E-state index in [9.17, 15) is 9.90 Å². The third-order valence-electron chi connectivity index (χ3n) is 3.81. The third kappa shape index (κ3) is 4.55. The fourth-order valence-corrected chi connectivity index (χ4v) is 3.45. The second-order valence-corrected chi connectivity index (χ2v) is 8.62. The minimum atomic E-state index is -1.67. The van der Waals surface area contributed by atoms with Crippen molar-refractivity contribution in [3.8, 4) is 0 Å². The second kappa shape index (κ2) is 7.59. The molecule has 0 aromatic heterocycles. The van der Waals surface area contributed by atoms with Crippen LogP contribution in [0.2, 0.25) is 0 Å². The van der Waals surface area contributed by atoms with Crippen LogP contribution in [0, 0.1) is 11.3 Å². The number of allylic oxidation sites excluding steroid dienone is 1. The Labute approximate surface area is 134 Å². The zero-order valence-corrected chi connectivity index (χ0v) is 15.5. The largest absolute Gasteiger partial charge is 0.492 e. The lowest BCUT2D eigenvalue weighted by atomic mass is 9.85. The molecule has 0 aromatic carbocycles. The van der Waals surface area contributed by atoms with Crippen LogP contribution in [0.5, 0.6) is 0 Å². The van der Waals surface area contributed by atoms with Gasteiger partial charge in [0.05, 0.1) is 0 Å². The van der Waals surface area contributed by atoms with Crippen molar-refractivity contribution in [1.82, 2.24) is 0 Å². The Morgan fingerprint density at radius 1 is 1.27 bits per heavy atom. The highest BCUT2D eigenvalue weighted by Gasteiger charge is 2.54. The van der Waals surface area contributed by atoms with Gasteiger partial charge >= 0.3 is 15.5 Å². The van der Waals surface area contributed by atoms with Crippen LogP contribution in [-0.4, -0.2) is 47.5 Å². The highest BCUT2D eigenvalue weighted by Crippen LogP contribution is 2.55. The van der Waals surface area contributed by atoms with Crippen molar-refractivity contribution in [3.05, 3.63) is 11.8 Å². The van der Waals surface area contributed by atoms with Gasteiger partial charge in [-0.1, -0.05) is 0 Å². The van der Waals surface area contributed by atoms with Gasteiger partial charge in [0.25, 0.3) is 0 Å². The summed E-state index contributed by atoms with van der Waals surface area (Å²) in [6.45, 7) is 5.86. The summed E-state index contributed by atoms with van der Waals surface area (Å²) in [6.07, 6.45) is 4.47. The lowest BCUT2D eigenvalue weighted by molar-refractivity contribution is -0.149. The molecule has 0 radical (unpaired) electrons. The fourth-order valence-electron chi connectivity index (χ4n) is 2.87. The summed E-state index contributed by atoms with van der Waals surface area (Å²) in [7, 11) is 3.05. The summed E-state index contributed by atoms with van der Waals surface area (Å²) >= 11 is 0. The van der Waals surface area contributed by atoms with Crippen LogP contribution in [0.1, 0.15) is 40.0 Å². The molecule has 1 N–H and O–H groups in total. The number of aliphatic carboxylic acids is 1. The molecule has 0 amide bonds. The summed E-state index contributed by atoms with van der Waals surface area (Å²) in [5, 5.41) is 9.34. The number of hydrogen-bond acceptors (Lipinski definition) is 5. The molecule has 6 nitrogen and oxygen atoms in total. The van der Waals surface area contributed by atoms with Crippen LogP contribution in [0.25, 0.3) is 0 Å². The summed E-state index contributed by atoms with van der Waals surface area (Å²) in [5.74, 6) is 0.384. The fraction of sp³-hybridized carbons (Fsp3) is 0.800. The maximum Gasteiger partial charge on any atom is 0.483 e. The first-order chi connectivity index (χ1) is 10.2. The first-order valence-corrected chi connectivity index (χ1v) is 8.83. The van der Waals surface area contributed by atoms with Crippen LogP contribution in [-0.2, 0) is 22.8 Å². The van der Waals surface area contributed by atoms with Gasteiger partial charge in [-0.05, 0) is 52.0 Å². The molecule has 7 heteroatoms. The van der Waals surface area contributed by atoms with Gasteiger partial charge < -0.3 is 23.1 Å². The van der Waals surface area contributed by atoms with E-state index in [4.69, 9.17) is 18.0 Å². The molecule has 0 heterocycles. The summed E-state index contributed by atoms with van der Waals surface area (Å²) in [4.78, 5) is 11.4. The predicted molar refractivity (Wildman–Crippen MR) is 84.5 cm³/mol. The Bertz CT molecular complexity index is 407. The molecule has 2 rings (SSSR count). The van der Waals surface area contributed by atoms with Crippen molar-refractivity contribution in [1.29, 1.82) is 0 Å². The maximum absolute atomic E-state index is 11.4. The van der Waals surface area contributed by atoms with Gasteiger partial charge in [-0.3, -0.25) is 4.79 Å². The highest BCUT2D eigenvalue weighted by atomic mass is 28.3. The first kappa shape index (κ1) is 19.2. The molecule has 2 aliphatic rings. The van der Waals surface area contributed by atoms with E-state index < -0.39 is 20.9 Å². The van der Waals surface area contributed by atoms with E-state index in [2.05, 4.69) is 0 Å². The summed E-state index contributed by atoms with van der Waals surface area (Å²) in [5.41, 5.74) is -1.02. The minimum absolute atomic E-state index is 0.307. The molecule has 2 bridgehead atoms. The molecule has 22 heavy (non-hydrogen) atoms. The number of carboxylic acid groups (broad SMARTS) is 1. The zero-order valence-electron chi connectivity index (χ0n) is 14.3. The predicted octanol–water partition coefficient (Wildman–Crippen LogP) is 2.21. The number of ether oxygens (including phenoxy) is 1. The molecule has 2 aliphatic carbocycles. The van der Waals surface area contributed by atoms with E-state index in [-0.39, 0.29) is 5.60 Å². The average molecular weight is 332 g/mol. The third-order valence-corrected chi connectivity index (χ3v) is 4.97. The molecular formula is C15H28O6Si. The Hall–Kier alpha value is -0.893. The van der Waals surface area contributed by atoms with Crippen LogP contribution in [0.3, 0.4) is 0 Å². The first-order valence-electron chi connectivity index (χ1n) is 7.41. The van der Waals surface area contributed by atoms with Gasteiger partial charge in [-0.25, -0.2) is 0 Å². The van der Waals surface area contributed by atoms with Crippen molar-refractivity contribution in [2.75, 3.05) is 21.3 Å². The van der Waals surface area contributed by atoms with Crippen LogP contribution < -0.4 is 0 Å². The minimum Gasteiger partial charge on any atom is -0.492 e. The smallest absolute Gasteiger partial charge is 0.483 e. The quantitative estimate of drug-likeness (QED) is 0.778. The van der Waals surface area contributed by atoms with E-state index >= 15 is 0 Å². The number of carboxylic acids is 1. The van der Waals surface area contributed by atoms with Gasteiger partial charge in [0.2, 0.25) is 0 Å². The number of rotatable bonds is 5. The molecule has 128 valence electrons. The van der Waals surface area contributed by atoms with Gasteiger partial charge in [-0.2, -0.15) is 0 Å². The van der Waals surface area contributed by atoms with E-state index in [1.807, 2.05) is 26.8 Å². The molecule has 0 spiro atoms. The van der Waals surface area contributed by atoms with Gasteiger partial charge in [0.1, 0.15) is 16.8 Å². The van der Waals surface area contributed by atoms with Crippen LogP contribution >= 0.6 is 0 Å². The molecular weight excluding hydrogens is 304 g/mol.